The number of nitrogens with zero attached hydrogens (tertiary/aromatic N) is 3. The molecule has 0 fully saturated rings. The summed E-state index contributed by atoms with van der Waals surface area (Å²) in [5.74, 6) is 8.84. The molecule has 1 rings (SSSR count). The lowest BCUT2D eigenvalue weighted by Crippen LogP contribution is -2.32. The summed E-state index contributed by atoms with van der Waals surface area (Å²) in [4.78, 5) is 0. The first kappa shape index (κ1) is 37.3. The molecule has 0 aliphatic carbocycles. The van der Waals surface area contributed by atoms with Crippen molar-refractivity contribution < 1.29 is 4.57 Å². The highest BCUT2D eigenvalue weighted by atomic mass is 79.9. The fourth-order valence-electron chi connectivity index (χ4n) is 4.69. The van der Waals surface area contributed by atoms with Crippen LogP contribution in [0.2, 0.25) is 0 Å². The second kappa shape index (κ2) is 26.5. The first-order chi connectivity index (χ1) is 19.0. The van der Waals surface area contributed by atoms with E-state index in [4.69, 9.17) is 5.26 Å². The molecule has 4 nitrogen and oxygen atoms in total. The highest BCUT2D eigenvalue weighted by Gasteiger charge is 2.13. The monoisotopic (exact) mass is 603 g/mol. The Morgan fingerprint density at radius 2 is 1.54 bits per heavy atom. The van der Waals surface area contributed by atoms with Gasteiger partial charge in [0.05, 0.1) is 6.54 Å². The van der Waals surface area contributed by atoms with E-state index < -0.39 is 0 Å². The zero-order valence-electron chi connectivity index (χ0n) is 26.0. The van der Waals surface area contributed by atoms with Crippen LogP contribution in [0.1, 0.15) is 136 Å². The zero-order chi connectivity index (χ0) is 29.0. The quantitative estimate of drug-likeness (QED) is 0.0585. The number of allylic oxidation sites excluding steroid dienone is 1. The molecule has 5 heteroatoms. The number of unbranched alkanes of at least 4 members (excludes halogenated alkanes) is 13. The highest BCUT2D eigenvalue weighted by molar-refractivity contribution is 9.08. The van der Waals surface area contributed by atoms with Crippen LogP contribution in [0, 0.1) is 28.6 Å². The number of hydrogen-bond acceptors (Lipinski definition) is 2. The van der Waals surface area contributed by atoms with E-state index in [0.29, 0.717) is 6.54 Å². The van der Waals surface area contributed by atoms with Crippen molar-refractivity contribution in [2.24, 2.45) is 5.41 Å². The molecule has 0 radical (unpaired) electrons. The predicted molar refractivity (Wildman–Crippen MR) is 173 cm³/mol. The Bertz CT molecular complexity index is 809. The summed E-state index contributed by atoms with van der Waals surface area (Å²) in [7, 11) is 0. The molecular formula is C34H60BrN4+. The number of halogens is 1. The maximum absolute atomic E-state index is 8.74. The molecule has 0 aromatic carbocycles. The molecule has 1 aromatic rings. The minimum Gasteiger partial charge on any atom is -0.389 e. The van der Waals surface area contributed by atoms with Gasteiger partial charge in [-0.25, -0.2) is 9.13 Å². The summed E-state index contributed by atoms with van der Waals surface area (Å²) < 4.78 is 4.03. The van der Waals surface area contributed by atoms with Crippen LogP contribution in [0.4, 0.5) is 0 Å². The van der Waals surface area contributed by atoms with E-state index in [1.807, 2.05) is 29.1 Å². The van der Waals surface area contributed by atoms with Gasteiger partial charge in [0, 0.05) is 30.5 Å². The average Bonchev–Trinajstić information content (AvgIpc) is 3.38. The molecular weight excluding hydrogens is 544 g/mol. The minimum atomic E-state index is 0.182. The molecule has 0 unspecified atom stereocenters. The molecule has 0 spiro atoms. The molecule has 222 valence electrons. The molecule has 0 aliphatic heterocycles. The van der Waals surface area contributed by atoms with Crippen LogP contribution in [0.5, 0.6) is 0 Å². The van der Waals surface area contributed by atoms with E-state index in [9.17, 15) is 0 Å². The van der Waals surface area contributed by atoms with Gasteiger partial charge in [-0.1, -0.05) is 112 Å². The summed E-state index contributed by atoms with van der Waals surface area (Å²) in [6, 6.07) is 2.16. The molecule has 1 heterocycles. The first-order valence-corrected chi connectivity index (χ1v) is 17.3. The van der Waals surface area contributed by atoms with Crippen molar-refractivity contribution in [2.45, 2.75) is 149 Å². The van der Waals surface area contributed by atoms with Crippen LogP contribution in [0.25, 0.3) is 0 Å². The third-order valence-corrected chi connectivity index (χ3v) is 7.08. The number of alkyl halides is 1. The van der Waals surface area contributed by atoms with E-state index in [0.717, 1.165) is 38.0 Å². The fraction of sp³-hybridized carbons (Fsp3) is 0.765. The van der Waals surface area contributed by atoms with Crippen LogP contribution >= 0.6 is 15.9 Å². The van der Waals surface area contributed by atoms with Crippen LogP contribution < -0.4 is 9.88 Å². The van der Waals surface area contributed by atoms with Crippen molar-refractivity contribution in [1.82, 2.24) is 9.88 Å². The summed E-state index contributed by atoms with van der Waals surface area (Å²) >= 11 is 2.94. The lowest BCUT2D eigenvalue weighted by atomic mass is 9.87. The SMILES string of the molecule is C=C(CCCCCCCCC#CC(C)(C)CCCCCCCCCC)NCCC[n+]1ccn(CC#N)c1.CBr. The van der Waals surface area contributed by atoms with Crippen LogP contribution in [-0.4, -0.2) is 16.9 Å². The maximum atomic E-state index is 8.74. The molecule has 1 aromatic heterocycles. The second-order valence-electron chi connectivity index (χ2n) is 11.4. The van der Waals surface area contributed by atoms with Crippen LogP contribution in [0.15, 0.2) is 31.0 Å². The molecule has 0 aliphatic rings. The Morgan fingerprint density at radius 3 is 2.21 bits per heavy atom. The largest absolute Gasteiger partial charge is 0.389 e. The van der Waals surface area contributed by atoms with Gasteiger partial charge in [-0.15, -0.1) is 5.92 Å². The Balaban J connectivity index is 0.00000704. The van der Waals surface area contributed by atoms with E-state index in [1.165, 1.54) is 96.3 Å². The van der Waals surface area contributed by atoms with E-state index >= 15 is 0 Å². The summed E-state index contributed by atoms with van der Waals surface area (Å²) in [6.07, 6.45) is 29.2. The van der Waals surface area contributed by atoms with Crippen LogP contribution in [-0.2, 0) is 13.1 Å². The maximum Gasteiger partial charge on any atom is 0.244 e. The Labute approximate surface area is 251 Å². The highest BCUT2D eigenvalue weighted by Crippen LogP contribution is 2.23. The van der Waals surface area contributed by atoms with Gasteiger partial charge in [-0.05, 0) is 45.4 Å². The predicted octanol–water partition coefficient (Wildman–Crippen LogP) is 9.48. The van der Waals surface area contributed by atoms with E-state index in [2.05, 4.69) is 71.1 Å². The van der Waals surface area contributed by atoms with Crippen molar-refractivity contribution in [1.29, 1.82) is 5.26 Å². The molecule has 0 atom stereocenters. The van der Waals surface area contributed by atoms with Crippen molar-refractivity contribution >= 4 is 15.9 Å². The number of aryl methyl sites for hydroxylation is 1. The summed E-state index contributed by atoms with van der Waals surface area (Å²) in [5, 5.41) is 12.2. The van der Waals surface area contributed by atoms with Gasteiger partial charge in [0.1, 0.15) is 18.5 Å². The number of nitrogens with one attached hydrogen (secondary N) is 1. The minimum absolute atomic E-state index is 0.182. The van der Waals surface area contributed by atoms with Gasteiger partial charge in [0.15, 0.2) is 6.54 Å². The normalized spacial score (nSPS) is 10.7. The summed E-state index contributed by atoms with van der Waals surface area (Å²) in [6.45, 7) is 13.4. The second-order valence-corrected chi connectivity index (χ2v) is 11.4. The third kappa shape index (κ3) is 23.8. The first-order valence-electron chi connectivity index (χ1n) is 15.7. The van der Waals surface area contributed by atoms with E-state index in [-0.39, 0.29) is 5.41 Å². The standard InChI is InChI=1S/C33H57N4.CH3Br/c1-5-6-7-8-9-13-16-19-23-33(3,4)24-20-17-14-11-10-12-15-18-22-32(2)35-26-21-27-36-29-30-37(31-36)28-25-34;1-2/h29-31,35H,2,5-19,21-23,26-28H2,1,3-4H3;1H3/q+1;. The number of rotatable bonds is 23. The lowest BCUT2D eigenvalue weighted by Gasteiger charge is -2.17. The number of nitriles is 1. The molecule has 0 saturated carbocycles. The molecule has 0 amide bonds. The topological polar surface area (TPSA) is 44.6 Å². The van der Waals surface area contributed by atoms with Crippen molar-refractivity contribution in [3.05, 3.63) is 31.0 Å². The number of imidazole rings is 1. The van der Waals surface area contributed by atoms with Crippen LogP contribution in [0.3, 0.4) is 0 Å². The molecule has 39 heavy (non-hydrogen) atoms. The number of hydrogen-bond donors (Lipinski definition) is 1. The average molecular weight is 605 g/mol. The number of aromatic nitrogens is 2. The molecule has 1 N–H and O–H groups in total. The molecule has 0 saturated heterocycles. The third-order valence-electron chi connectivity index (χ3n) is 7.08. The van der Waals surface area contributed by atoms with Gasteiger partial charge in [-0.3, -0.25) is 0 Å². The van der Waals surface area contributed by atoms with Gasteiger partial charge < -0.3 is 5.32 Å². The van der Waals surface area contributed by atoms with Gasteiger partial charge in [0.2, 0.25) is 6.33 Å². The van der Waals surface area contributed by atoms with Crippen molar-refractivity contribution in [3.63, 3.8) is 0 Å². The summed E-state index contributed by atoms with van der Waals surface area (Å²) in [5.41, 5.74) is 1.35. The van der Waals surface area contributed by atoms with Crippen molar-refractivity contribution in [3.8, 4) is 17.9 Å². The fourth-order valence-corrected chi connectivity index (χ4v) is 4.69. The van der Waals surface area contributed by atoms with Crippen molar-refractivity contribution in [2.75, 3.05) is 12.4 Å². The van der Waals surface area contributed by atoms with E-state index in [1.54, 1.807) is 0 Å². The lowest BCUT2D eigenvalue weighted by molar-refractivity contribution is -0.696. The molecule has 0 bridgehead atoms. The van der Waals surface area contributed by atoms with Gasteiger partial charge in [-0.2, -0.15) is 5.26 Å². The smallest absolute Gasteiger partial charge is 0.244 e. The van der Waals surface area contributed by atoms with Gasteiger partial charge >= 0.3 is 0 Å². The Hall–Kier alpha value is -1.72. The Kier molecular flexibility index (Phi) is 25.3. The van der Waals surface area contributed by atoms with Gasteiger partial charge in [0.25, 0.3) is 0 Å². The zero-order valence-corrected chi connectivity index (χ0v) is 27.6. The Morgan fingerprint density at radius 1 is 0.923 bits per heavy atom.